The summed E-state index contributed by atoms with van der Waals surface area (Å²) < 4.78 is 20.3. The number of likely N-dealkylation sites (tertiary alicyclic amines) is 1. The van der Waals surface area contributed by atoms with Gasteiger partial charge in [0.05, 0.1) is 18.2 Å². The number of unbranched alkanes of at least 4 members (excludes halogenated alkanes) is 1. The number of ether oxygens (including phenoxy) is 1. The lowest BCUT2D eigenvalue weighted by Gasteiger charge is -2.25. The van der Waals surface area contributed by atoms with Gasteiger partial charge in [-0.25, -0.2) is 4.39 Å². The predicted octanol–water partition coefficient (Wildman–Crippen LogP) is 5.08. The molecule has 1 aliphatic rings. The number of carbonyl (C=O) groups is 2. The number of aliphatic hydroxyl groups is 1. The number of Topliss-reactive ketones (excluding diaryl/α,β-unsaturated/α-hetero) is 1. The van der Waals surface area contributed by atoms with Crippen molar-refractivity contribution in [2.24, 2.45) is 5.92 Å². The van der Waals surface area contributed by atoms with Gasteiger partial charge >= 0.3 is 0 Å². The van der Waals surface area contributed by atoms with E-state index in [0.717, 1.165) is 6.42 Å². The number of carbonyl (C=O) groups excluding carboxylic acids is 2. The molecule has 164 valence electrons. The summed E-state index contributed by atoms with van der Waals surface area (Å²) in [5.74, 6) is -1.37. The molecule has 0 radical (unpaired) electrons. The highest BCUT2D eigenvalue weighted by Gasteiger charge is 2.46. The van der Waals surface area contributed by atoms with Crippen molar-refractivity contribution in [1.82, 2.24) is 4.90 Å². The summed E-state index contributed by atoms with van der Waals surface area (Å²) >= 11 is 0. The molecule has 1 N–H and O–H groups in total. The van der Waals surface area contributed by atoms with E-state index in [1.165, 1.54) is 11.0 Å². The summed E-state index contributed by atoms with van der Waals surface area (Å²) in [5, 5.41) is 11.0. The molecule has 5 nitrogen and oxygen atoms in total. The Morgan fingerprint density at radius 3 is 2.42 bits per heavy atom. The summed E-state index contributed by atoms with van der Waals surface area (Å²) in [4.78, 5) is 27.0. The molecule has 1 amide bonds. The van der Waals surface area contributed by atoms with Crippen LogP contribution in [0.25, 0.3) is 5.76 Å². The number of hydrogen-bond donors (Lipinski definition) is 1. The second-order valence-electron chi connectivity index (χ2n) is 8.10. The highest BCUT2D eigenvalue weighted by atomic mass is 19.1. The molecule has 0 aliphatic carbocycles. The molecule has 31 heavy (non-hydrogen) atoms. The van der Waals surface area contributed by atoms with E-state index in [-0.39, 0.29) is 16.9 Å². The minimum atomic E-state index is -0.968. The van der Waals surface area contributed by atoms with Crippen LogP contribution in [0.15, 0.2) is 54.1 Å². The SMILES string of the molecule is CCCCN1C(=O)C(=O)C(=C(O)c2ccc(OCC(C)C)cc2)C1c1ccccc1F. The van der Waals surface area contributed by atoms with E-state index >= 15 is 0 Å². The van der Waals surface area contributed by atoms with Crippen LogP contribution in [0.1, 0.15) is 50.8 Å². The average Bonchev–Trinajstić information content (AvgIpc) is 3.01. The van der Waals surface area contributed by atoms with E-state index in [9.17, 15) is 19.1 Å². The molecule has 1 unspecified atom stereocenters. The Labute approximate surface area is 182 Å². The molecule has 6 heteroatoms. The van der Waals surface area contributed by atoms with Gasteiger partial charge in [-0.3, -0.25) is 9.59 Å². The van der Waals surface area contributed by atoms with Crippen molar-refractivity contribution < 1.29 is 23.8 Å². The van der Waals surface area contributed by atoms with Gasteiger partial charge in [-0.05, 0) is 42.7 Å². The molecule has 0 aromatic heterocycles. The third-order valence-corrected chi connectivity index (χ3v) is 5.20. The highest BCUT2D eigenvalue weighted by Crippen LogP contribution is 2.40. The fourth-order valence-electron chi connectivity index (χ4n) is 3.59. The Morgan fingerprint density at radius 1 is 1.13 bits per heavy atom. The van der Waals surface area contributed by atoms with Crippen molar-refractivity contribution in [3.05, 3.63) is 71.0 Å². The van der Waals surface area contributed by atoms with Crippen LogP contribution >= 0.6 is 0 Å². The van der Waals surface area contributed by atoms with Gasteiger partial charge in [-0.2, -0.15) is 0 Å². The number of ketones is 1. The first-order valence-electron chi connectivity index (χ1n) is 10.6. The van der Waals surface area contributed by atoms with Crippen LogP contribution in [0.5, 0.6) is 5.75 Å². The van der Waals surface area contributed by atoms with E-state index in [0.29, 0.717) is 36.8 Å². The normalized spacial score (nSPS) is 18.1. The molecular formula is C25H28FNO4. The van der Waals surface area contributed by atoms with Gasteiger partial charge in [0.15, 0.2) is 0 Å². The molecule has 1 heterocycles. The van der Waals surface area contributed by atoms with Gasteiger partial charge in [0, 0.05) is 17.7 Å². The van der Waals surface area contributed by atoms with Crippen LogP contribution in [0, 0.1) is 11.7 Å². The van der Waals surface area contributed by atoms with E-state index in [1.54, 1.807) is 42.5 Å². The molecule has 1 saturated heterocycles. The molecule has 3 rings (SSSR count). The molecule has 1 atom stereocenters. The Bertz CT molecular complexity index is 981. The molecule has 1 fully saturated rings. The molecule has 0 bridgehead atoms. The largest absolute Gasteiger partial charge is 0.507 e. The monoisotopic (exact) mass is 425 g/mol. The third-order valence-electron chi connectivity index (χ3n) is 5.20. The zero-order valence-corrected chi connectivity index (χ0v) is 18.1. The summed E-state index contributed by atoms with van der Waals surface area (Å²) in [5.41, 5.74) is 0.463. The number of hydrogen-bond acceptors (Lipinski definition) is 4. The summed E-state index contributed by atoms with van der Waals surface area (Å²) in [6.07, 6.45) is 1.48. The maximum absolute atomic E-state index is 14.7. The average molecular weight is 426 g/mol. The standard InChI is InChI=1S/C25H28FNO4/c1-4-5-14-27-22(19-8-6-7-9-20(19)26)21(24(29)25(27)30)23(28)17-10-12-18(13-11-17)31-15-16(2)3/h6-13,16,22,28H,4-5,14-15H2,1-3H3. The number of aliphatic hydroxyl groups excluding tert-OH is 1. The number of nitrogens with zero attached hydrogens (tertiary/aromatic N) is 1. The number of amides is 1. The van der Waals surface area contributed by atoms with Crippen molar-refractivity contribution >= 4 is 17.4 Å². The van der Waals surface area contributed by atoms with Gasteiger partial charge in [0.2, 0.25) is 0 Å². The van der Waals surface area contributed by atoms with E-state index in [2.05, 4.69) is 0 Å². The predicted molar refractivity (Wildman–Crippen MR) is 117 cm³/mol. The Balaban J connectivity index is 2.04. The van der Waals surface area contributed by atoms with Gasteiger partial charge in [-0.15, -0.1) is 0 Å². The maximum Gasteiger partial charge on any atom is 0.295 e. The van der Waals surface area contributed by atoms with Gasteiger partial charge in [0.25, 0.3) is 11.7 Å². The van der Waals surface area contributed by atoms with Crippen LogP contribution in [-0.4, -0.2) is 34.8 Å². The third kappa shape index (κ3) is 4.79. The number of halogens is 1. The number of rotatable bonds is 8. The second kappa shape index (κ2) is 9.77. The lowest BCUT2D eigenvalue weighted by Crippen LogP contribution is -2.31. The molecule has 1 aliphatic heterocycles. The zero-order valence-electron chi connectivity index (χ0n) is 18.1. The fourth-order valence-corrected chi connectivity index (χ4v) is 3.59. The Morgan fingerprint density at radius 2 is 1.81 bits per heavy atom. The fraction of sp³-hybridized carbons (Fsp3) is 0.360. The lowest BCUT2D eigenvalue weighted by atomic mass is 9.95. The summed E-state index contributed by atoms with van der Waals surface area (Å²) in [7, 11) is 0. The Kier molecular flexibility index (Phi) is 7.10. The first kappa shape index (κ1) is 22.5. The maximum atomic E-state index is 14.7. The van der Waals surface area contributed by atoms with E-state index in [4.69, 9.17) is 4.74 Å². The Hall–Kier alpha value is -3.15. The van der Waals surface area contributed by atoms with E-state index in [1.807, 2.05) is 20.8 Å². The summed E-state index contributed by atoms with van der Waals surface area (Å²) in [6.45, 7) is 6.92. The van der Waals surface area contributed by atoms with Crippen LogP contribution < -0.4 is 4.74 Å². The van der Waals surface area contributed by atoms with Crippen molar-refractivity contribution in [3.8, 4) is 5.75 Å². The van der Waals surface area contributed by atoms with Crippen molar-refractivity contribution in [1.29, 1.82) is 0 Å². The molecule has 2 aromatic rings. The molecule has 2 aromatic carbocycles. The van der Waals surface area contributed by atoms with Crippen LogP contribution in [0.4, 0.5) is 4.39 Å². The smallest absolute Gasteiger partial charge is 0.295 e. The van der Waals surface area contributed by atoms with Crippen molar-refractivity contribution in [2.45, 2.75) is 39.7 Å². The quantitative estimate of drug-likeness (QED) is 0.364. The second-order valence-corrected chi connectivity index (χ2v) is 8.10. The first-order chi connectivity index (χ1) is 14.8. The highest BCUT2D eigenvalue weighted by molar-refractivity contribution is 6.46. The van der Waals surface area contributed by atoms with E-state index < -0.39 is 23.5 Å². The van der Waals surface area contributed by atoms with Gasteiger partial charge < -0.3 is 14.7 Å². The minimum absolute atomic E-state index is 0.0953. The molecular weight excluding hydrogens is 397 g/mol. The first-order valence-corrected chi connectivity index (χ1v) is 10.6. The van der Waals surface area contributed by atoms with Crippen molar-refractivity contribution in [3.63, 3.8) is 0 Å². The van der Waals surface area contributed by atoms with Crippen LogP contribution in [0.2, 0.25) is 0 Å². The topological polar surface area (TPSA) is 66.8 Å². The zero-order chi connectivity index (χ0) is 22.5. The summed E-state index contributed by atoms with van der Waals surface area (Å²) in [6, 6.07) is 11.7. The molecule has 0 spiro atoms. The van der Waals surface area contributed by atoms with Gasteiger partial charge in [-0.1, -0.05) is 45.4 Å². The van der Waals surface area contributed by atoms with Crippen LogP contribution in [-0.2, 0) is 9.59 Å². The lowest BCUT2D eigenvalue weighted by molar-refractivity contribution is -0.139. The van der Waals surface area contributed by atoms with Crippen LogP contribution in [0.3, 0.4) is 0 Å². The van der Waals surface area contributed by atoms with Gasteiger partial charge in [0.1, 0.15) is 17.3 Å². The van der Waals surface area contributed by atoms with Crippen molar-refractivity contribution in [2.75, 3.05) is 13.2 Å². The minimum Gasteiger partial charge on any atom is -0.507 e. The molecule has 0 saturated carbocycles. The number of benzene rings is 2.